The van der Waals surface area contributed by atoms with E-state index in [9.17, 15) is 0 Å². The van der Waals surface area contributed by atoms with Crippen molar-refractivity contribution in [3.8, 4) is 22.3 Å². The molecule has 8 rings (SSSR count). The smallest absolute Gasteiger partial charge is 0.0441 e. The van der Waals surface area contributed by atoms with Crippen LogP contribution in [0.3, 0.4) is 0 Å². The molecule has 0 radical (unpaired) electrons. The second-order valence-electron chi connectivity index (χ2n) is 9.27. The van der Waals surface area contributed by atoms with E-state index in [4.69, 9.17) is 0 Å². The Morgan fingerprint density at radius 3 is 1.67 bits per heavy atom. The van der Waals surface area contributed by atoms with E-state index >= 15 is 0 Å². The minimum Gasteiger partial charge on any atom is -0.144 e. The average Bonchev–Trinajstić information content (AvgIpc) is 3.56. The summed E-state index contributed by atoms with van der Waals surface area (Å²) in [4.78, 5) is 0. The molecule has 0 spiro atoms. The van der Waals surface area contributed by atoms with Crippen molar-refractivity contribution in [1.82, 2.24) is 0 Å². The summed E-state index contributed by atoms with van der Waals surface area (Å²) < 4.78 is 4.08. The van der Waals surface area contributed by atoms with Crippen molar-refractivity contribution in [2.75, 3.05) is 0 Å². The Morgan fingerprint density at radius 2 is 0.972 bits per heavy atom. The molecule has 168 valence electrons. The van der Waals surface area contributed by atoms with Crippen LogP contribution in [0.15, 0.2) is 121 Å². The number of rotatable bonds is 2. The van der Waals surface area contributed by atoms with Gasteiger partial charge in [0, 0.05) is 35.8 Å². The SMILES string of the molecule is c1ccc(-c2c3ccccc3c(-c3c4ccsc4cc4c3sc3ccccc34)c3ccccc23)cc1. The fourth-order valence-electron chi connectivity index (χ4n) is 5.85. The van der Waals surface area contributed by atoms with Gasteiger partial charge in [-0.15, -0.1) is 22.7 Å². The van der Waals surface area contributed by atoms with E-state index in [-0.39, 0.29) is 0 Å². The minimum absolute atomic E-state index is 1.26. The van der Waals surface area contributed by atoms with Crippen LogP contribution in [0.2, 0.25) is 0 Å². The molecule has 6 aromatic carbocycles. The van der Waals surface area contributed by atoms with Crippen molar-refractivity contribution in [1.29, 1.82) is 0 Å². The largest absolute Gasteiger partial charge is 0.144 e. The molecule has 0 aliphatic rings. The van der Waals surface area contributed by atoms with E-state index in [2.05, 4.69) is 121 Å². The first kappa shape index (κ1) is 20.2. The summed E-state index contributed by atoms with van der Waals surface area (Å²) in [5, 5.41) is 11.5. The lowest BCUT2D eigenvalue weighted by Gasteiger charge is -2.18. The molecule has 0 bridgehead atoms. The van der Waals surface area contributed by atoms with Gasteiger partial charge in [-0.3, -0.25) is 0 Å². The summed E-state index contributed by atoms with van der Waals surface area (Å²) in [6, 6.07) is 42.3. The highest BCUT2D eigenvalue weighted by molar-refractivity contribution is 7.26. The van der Waals surface area contributed by atoms with Crippen LogP contribution in [0.4, 0.5) is 0 Å². The van der Waals surface area contributed by atoms with Gasteiger partial charge >= 0.3 is 0 Å². The standard InChI is InChI=1S/C34H20S2/c1-2-10-21(11-3-1)31-23-13-4-6-15-25(23)32(26-16-7-5-14-24(26)31)33-27-18-19-35-30(27)20-28-22-12-8-9-17-29(22)36-34(28)33/h1-20H. The zero-order valence-electron chi connectivity index (χ0n) is 19.4. The van der Waals surface area contributed by atoms with E-state index in [1.165, 1.54) is 74.1 Å². The zero-order chi connectivity index (χ0) is 23.6. The predicted molar refractivity (Wildman–Crippen MR) is 161 cm³/mol. The third-order valence-electron chi connectivity index (χ3n) is 7.34. The second kappa shape index (κ2) is 7.76. The normalized spacial score (nSPS) is 11.9. The molecule has 0 saturated heterocycles. The monoisotopic (exact) mass is 492 g/mol. The summed E-state index contributed by atoms with van der Waals surface area (Å²) in [6.07, 6.45) is 0. The Labute approximate surface area is 216 Å². The Kier molecular flexibility index (Phi) is 4.36. The fourth-order valence-corrected chi connectivity index (χ4v) is 7.93. The van der Waals surface area contributed by atoms with Crippen molar-refractivity contribution in [2.45, 2.75) is 0 Å². The van der Waals surface area contributed by atoms with Gasteiger partial charge in [-0.2, -0.15) is 0 Å². The van der Waals surface area contributed by atoms with Gasteiger partial charge in [0.2, 0.25) is 0 Å². The van der Waals surface area contributed by atoms with Crippen molar-refractivity contribution in [3.05, 3.63) is 121 Å². The van der Waals surface area contributed by atoms with E-state index in [1.807, 2.05) is 22.7 Å². The summed E-state index contributed by atoms with van der Waals surface area (Å²) in [6.45, 7) is 0. The van der Waals surface area contributed by atoms with Crippen LogP contribution in [0.1, 0.15) is 0 Å². The van der Waals surface area contributed by atoms with Crippen LogP contribution in [0, 0.1) is 0 Å². The highest BCUT2D eigenvalue weighted by Gasteiger charge is 2.21. The molecule has 0 N–H and O–H groups in total. The Hall–Kier alpha value is -3.98. The number of thiophene rings is 2. The maximum Gasteiger partial charge on any atom is 0.0441 e. The molecule has 0 nitrogen and oxygen atoms in total. The zero-order valence-corrected chi connectivity index (χ0v) is 21.0. The molecular formula is C34H20S2. The molecule has 0 amide bonds. The summed E-state index contributed by atoms with van der Waals surface area (Å²) >= 11 is 3.76. The molecule has 2 aromatic heterocycles. The summed E-state index contributed by atoms with van der Waals surface area (Å²) in [7, 11) is 0. The quantitative estimate of drug-likeness (QED) is 0.211. The predicted octanol–water partition coefficient (Wildman–Crippen LogP) is 10.9. The molecule has 0 unspecified atom stereocenters. The topological polar surface area (TPSA) is 0 Å². The van der Waals surface area contributed by atoms with Crippen LogP contribution >= 0.6 is 22.7 Å². The van der Waals surface area contributed by atoms with Gasteiger partial charge in [-0.1, -0.05) is 97.1 Å². The van der Waals surface area contributed by atoms with Crippen LogP contribution < -0.4 is 0 Å². The molecule has 0 aliphatic carbocycles. The molecule has 36 heavy (non-hydrogen) atoms. The first-order valence-electron chi connectivity index (χ1n) is 12.2. The maximum absolute atomic E-state index is 2.40. The lowest BCUT2D eigenvalue weighted by Crippen LogP contribution is -1.91. The lowest BCUT2D eigenvalue weighted by atomic mass is 9.85. The Balaban J connectivity index is 1.64. The first-order chi connectivity index (χ1) is 17.9. The molecule has 0 fully saturated rings. The van der Waals surface area contributed by atoms with Gasteiger partial charge in [-0.05, 0) is 61.8 Å². The fraction of sp³-hybridized carbons (Fsp3) is 0. The lowest BCUT2D eigenvalue weighted by molar-refractivity contribution is 1.67. The van der Waals surface area contributed by atoms with E-state index < -0.39 is 0 Å². The highest BCUT2D eigenvalue weighted by atomic mass is 32.1. The van der Waals surface area contributed by atoms with Gasteiger partial charge in [-0.25, -0.2) is 0 Å². The van der Waals surface area contributed by atoms with Gasteiger partial charge in [0.25, 0.3) is 0 Å². The van der Waals surface area contributed by atoms with E-state index in [0.29, 0.717) is 0 Å². The van der Waals surface area contributed by atoms with Gasteiger partial charge in [0.1, 0.15) is 0 Å². The maximum atomic E-state index is 2.40. The van der Waals surface area contributed by atoms with E-state index in [1.54, 1.807) is 0 Å². The van der Waals surface area contributed by atoms with Crippen molar-refractivity contribution in [2.24, 2.45) is 0 Å². The van der Waals surface area contributed by atoms with Crippen LogP contribution in [-0.4, -0.2) is 0 Å². The summed E-state index contributed by atoms with van der Waals surface area (Å²) in [5.41, 5.74) is 5.30. The van der Waals surface area contributed by atoms with Gasteiger partial charge in [0.15, 0.2) is 0 Å². The Bertz CT molecular complexity index is 2030. The van der Waals surface area contributed by atoms with Crippen molar-refractivity contribution >= 4 is 74.5 Å². The number of hydrogen-bond donors (Lipinski definition) is 0. The molecule has 0 atom stereocenters. The van der Waals surface area contributed by atoms with Crippen molar-refractivity contribution < 1.29 is 0 Å². The number of benzene rings is 6. The minimum atomic E-state index is 1.26. The van der Waals surface area contributed by atoms with E-state index in [0.717, 1.165) is 0 Å². The van der Waals surface area contributed by atoms with Gasteiger partial charge in [0.05, 0.1) is 0 Å². The molecular weight excluding hydrogens is 473 g/mol. The number of hydrogen-bond acceptors (Lipinski definition) is 2. The second-order valence-corrected chi connectivity index (χ2v) is 11.3. The molecule has 8 aromatic rings. The molecule has 0 saturated carbocycles. The summed E-state index contributed by atoms with van der Waals surface area (Å²) in [5.74, 6) is 0. The average molecular weight is 493 g/mol. The van der Waals surface area contributed by atoms with Crippen LogP contribution in [0.5, 0.6) is 0 Å². The number of fused-ring (bicyclic) bond motifs is 6. The first-order valence-corrected chi connectivity index (χ1v) is 13.9. The highest BCUT2D eigenvalue weighted by Crippen LogP contribution is 2.50. The molecule has 2 heterocycles. The van der Waals surface area contributed by atoms with Gasteiger partial charge < -0.3 is 0 Å². The third-order valence-corrected chi connectivity index (χ3v) is 9.41. The molecule has 0 aliphatic heterocycles. The third kappa shape index (κ3) is 2.80. The Morgan fingerprint density at radius 1 is 0.389 bits per heavy atom. The van der Waals surface area contributed by atoms with Crippen molar-refractivity contribution in [3.63, 3.8) is 0 Å². The van der Waals surface area contributed by atoms with Crippen LogP contribution in [0.25, 0.3) is 74.1 Å². The van der Waals surface area contributed by atoms with Crippen LogP contribution in [-0.2, 0) is 0 Å². The molecule has 2 heteroatoms.